The molecule has 1 amide bonds. The quantitative estimate of drug-likeness (QED) is 0.274. The lowest BCUT2D eigenvalue weighted by atomic mass is 9.84. The Bertz CT molecular complexity index is 1920. The van der Waals surface area contributed by atoms with Gasteiger partial charge in [0.2, 0.25) is 0 Å². The van der Waals surface area contributed by atoms with Gasteiger partial charge in [-0.15, -0.1) is 0 Å². The maximum absolute atomic E-state index is 13.4. The highest BCUT2D eigenvalue weighted by atomic mass is 16.2. The van der Waals surface area contributed by atoms with Crippen LogP contribution in [0.15, 0.2) is 82.8 Å². The van der Waals surface area contributed by atoms with Crippen LogP contribution in [-0.4, -0.2) is 35.7 Å². The van der Waals surface area contributed by atoms with Crippen molar-refractivity contribution in [2.45, 2.75) is 57.5 Å². The van der Waals surface area contributed by atoms with Gasteiger partial charge in [-0.2, -0.15) is 5.10 Å². The molecule has 0 saturated heterocycles. The molecule has 0 atom stereocenters. The average molecular weight is 579 g/mol. The average Bonchev–Trinajstić information content (AvgIpc) is 3.39. The third-order valence-corrected chi connectivity index (χ3v) is 8.18. The van der Waals surface area contributed by atoms with E-state index in [0.29, 0.717) is 23.1 Å². The minimum Gasteiger partial charge on any atom is -0.382 e. The number of nitrogen functional groups attached to an aromatic ring is 1. The number of fused-ring (bicyclic) bond motifs is 1. The number of hydrogen-bond donors (Lipinski definition) is 3. The van der Waals surface area contributed by atoms with Gasteiger partial charge in [0.1, 0.15) is 17.4 Å². The molecule has 0 radical (unpaired) electrons. The van der Waals surface area contributed by atoms with Crippen molar-refractivity contribution in [1.29, 1.82) is 0 Å². The lowest BCUT2D eigenvalue weighted by Crippen LogP contribution is -2.42. The molecule has 2 aromatic carbocycles. The molecule has 11 nitrogen and oxygen atoms in total. The van der Waals surface area contributed by atoms with Crippen molar-refractivity contribution < 1.29 is 4.79 Å². The number of aromatic nitrogens is 5. The molecule has 0 spiro atoms. The van der Waals surface area contributed by atoms with E-state index < -0.39 is 17.2 Å². The van der Waals surface area contributed by atoms with Gasteiger partial charge in [0.25, 0.3) is 11.5 Å². The number of carbonyl (C=O) groups excluding carboxylic acids is 1. The van der Waals surface area contributed by atoms with Crippen LogP contribution in [0.4, 0.5) is 11.5 Å². The summed E-state index contributed by atoms with van der Waals surface area (Å²) in [7, 11) is 0. The van der Waals surface area contributed by atoms with Gasteiger partial charge < -0.3 is 16.8 Å². The Hall–Kier alpha value is -5.03. The van der Waals surface area contributed by atoms with Gasteiger partial charge in [0.15, 0.2) is 5.82 Å². The van der Waals surface area contributed by atoms with Gasteiger partial charge in [-0.05, 0) is 75.4 Å². The molecule has 6 rings (SSSR count). The van der Waals surface area contributed by atoms with Crippen LogP contribution in [0.3, 0.4) is 0 Å². The summed E-state index contributed by atoms with van der Waals surface area (Å²) < 4.78 is 4.30. The summed E-state index contributed by atoms with van der Waals surface area (Å²) in [6, 6.07) is 18.0. The van der Waals surface area contributed by atoms with E-state index >= 15 is 0 Å². The molecule has 3 heterocycles. The van der Waals surface area contributed by atoms with E-state index in [-0.39, 0.29) is 17.6 Å². The number of para-hydroxylation sites is 1. The van der Waals surface area contributed by atoms with E-state index in [4.69, 9.17) is 11.5 Å². The molecule has 11 heteroatoms. The molecule has 0 bridgehead atoms. The van der Waals surface area contributed by atoms with Gasteiger partial charge >= 0.3 is 5.69 Å². The van der Waals surface area contributed by atoms with Crippen molar-refractivity contribution in [2.24, 2.45) is 5.73 Å². The molecule has 0 unspecified atom stereocenters. The van der Waals surface area contributed by atoms with Crippen LogP contribution in [0.1, 0.15) is 67.5 Å². The van der Waals surface area contributed by atoms with Gasteiger partial charge in [0.05, 0.1) is 5.69 Å². The van der Waals surface area contributed by atoms with Crippen molar-refractivity contribution in [3.05, 3.63) is 105 Å². The Kier molecular flexibility index (Phi) is 7.41. The molecular weight excluding hydrogens is 544 g/mol. The van der Waals surface area contributed by atoms with E-state index in [1.165, 1.54) is 17.1 Å². The number of amides is 1. The monoisotopic (exact) mass is 578 g/mol. The summed E-state index contributed by atoms with van der Waals surface area (Å²) >= 11 is 0. The van der Waals surface area contributed by atoms with E-state index in [1.54, 1.807) is 42.5 Å². The number of benzene rings is 2. The molecule has 43 heavy (non-hydrogen) atoms. The van der Waals surface area contributed by atoms with Gasteiger partial charge in [-0.25, -0.2) is 18.9 Å². The number of anilines is 2. The Labute approximate surface area is 247 Å². The molecule has 5 N–H and O–H groups in total. The Balaban J connectivity index is 1.32. The zero-order valence-corrected chi connectivity index (χ0v) is 24.1. The summed E-state index contributed by atoms with van der Waals surface area (Å²) in [5.74, 6) is 0.0978. The third-order valence-electron chi connectivity index (χ3n) is 8.18. The van der Waals surface area contributed by atoms with Crippen molar-refractivity contribution in [2.75, 3.05) is 11.1 Å². The van der Waals surface area contributed by atoms with E-state index in [1.807, 2.05) is 30.5 Å². The first-order valence-corrected chi connectivity index (χ1v) is 14.5. The number of nitrogens with zero attached hydrogens (tertiary/aromatic N) is 5. The smallest absolute Gasteiger partial charge is 0.335 e. The highest BCUT2D eigenvalue weighted by Gasteiger charge is 2.26. The van der Waals surface area contributed by atoms with Gasteiger partial charge in [0, 0.05) is 41.1 Å². The normalized spacial score (nSPS) is 16.9. The molecule has 220 valence electrons. The first-order chi connectivity index (χ1) is 20.7. The predicted octanol–water partition coefficient (Wildman–Crippen LogP) is 4.11. The Morgan fingerprint density at radius 2 is 1.70 bits per heavy atom. The lowest BCUT2D eigenvalue weighted by molar-refractivity contribution is 0.102. The minimum atomic E-state index is -0.686. The van der Waals surface area contributed by atoms with Crippen molar-refractivity contribution in [1.82, 2.24) is 23.7 Å². The molecule has 1 saturated carbocycles. The maximum Gasteiger partial charge on any atom is 0.335 e. The van der Waals surface area contributed by atoms with Crippen LogP contribution in [-0.2, 0) is 0 Å². The van der Waals surface area contributed by atoms with Crippen LogP contribution in [0.2, 0.25) is 0 Å². The summed E-state index contributed by atoms with van der Waals surface area (Å²) in [6.45, 7) is 3.64. The summed E-state index contributed by atoms with van der Waals surface area (Å²) in [5.41, 5.74) is 15.6. The Morgan fingerprint density at radius 1 is 1.00 bits per heavy atom. The highest BCUT2D eigenvalue weighted by Crippen LogP contribution is 2.38. The predicted molar refractivity (Wildman–Crippen MR) is 167 cm³/mol. The van der Waals surface area contributed by atoms with E-state index in [0.717, 1.165) is 52.6 Å². The first-order valence-electron chi connectivity index (χ1n) is 14.5. The number of hydrogen-bond acceptors (Lipinski definition) is 7. The molecule has 1 aliphatic rings. The van der Waals surface area contributed by atoms with Crippen LogP contribution in [0.25, 0.3) is 22.3 Å². The van der Waals surface area contributed by atoms with Crippen molar-refractivity contribution in [3.63, 3.8) is 0 Å². The zero-order chi connectivity index (χ0) is 30.2. The molecule has 1 fully saturated rings. The summed E-state index contributed by atoms with van der Waals surface area (Å²) in [6.07, 6.45) is 6.70. The second kappa shape index (κ2) is 11.3. The fraction of sp³-hybridized carbons (Fsp3) is 0.281. The highest BCUT2D eigenvalue weighted by molar-refractivity contribution is 6.04. The van der Waals surface area contributed by atoms with E-state index in [2.05, 4.69) is 21.5 Å². The second-order valence-corrected chi connectivity index (χ2v) is 11.3. The second-order valence-electron chi connectivity index (χ2n) is 11.3. The molecule has 1 aliphatic carbocycles. The van der Waals surface area contributed by atoms with Crippen LogP contribution in [0.5, 0.6) is 0 Å². The van der Waals surface area contributed by atoms with Crippen molar-refractivity contribution in [3.8, 4) is 16.8 Å². The standard InChI is InChI=1S/C32H34N8O3/c1-19(2)38-17-26(31(42)39(32(38)43)24-6-4-3-5-7-24)30(41)37-23-14-10-20(11-15-23)25-16-27(21-8-12-22(33)13-9-21)40-28(25)29(34)35-18-36-40/h3-7,10-11,14-19,21-22H,8-9,12-13,33H2,1-2H3,(H,37,41)(H2,34,35,36). The summed E-state index contributed by atoms with van der Waals surface area (Å²) in [5, 5.41) is 7.33. The van der Waals surface area contributed by atoms with Crippen LogP contribution in [0, 0.1) is 0 Å². The zero-order valence-electron chi connectivity index (χ0n) is 24.1. The van der Waals surface area contributed by atoms with Crippen molar-refractivity contribution >= 4 is 22.9 Å². The number of nitrogens with one attached hydrogen (secondary N) is 1. The molecule has 5 aromatic rings. The molecule has 3 aromatic heterocycles. The topological polar surface area (TPSA) is 155 Å². The largest absolute Gasteiger partial charge is 0.382 e. The number of carbonyl (C=O) groups is 1. The Morgan fingerprint density at radius 3 is 2.37 bits per heavy atom. The number of nitrogens with two attached hydrogens (primary N) is 2. The maximum atomic E-state index is 13.4. The lowest BCUT2D eigenvalue weighted by Gasteiger charge is -2.25. The van der Waals surface area contributed by atoms with E-state index in [9.17, 15) is 14.4 Å². The van der Waals surface area contributed by atoms with Gasteiger partial charge in [-0.3, -0.25) is 14.2 Å². The summed E-state index contributed by atoms with van der Waals surface area (Å²) in [4.78, 5) is 44.2. The fourth-order valence-corrected chi connectivity index (χ4v) is 5.85. The van der Waals surface area contributed by atoms with Crippen LogP contribution >= 0.6 is 0 Å². The SMILES string of the molecule is CC(C)n1cc(C(=O)Nc2ccc(-c3cc(C4CCC(N)CC4)n4ncnc(N)c34)cc2)c(=O)n(-c2ccccc2)c1=O. The van der Waals surface area contributed by atoms with Crippen LogP contribution < -0.4 is 28.0 Å². The molecular formula is C32H34N8O3. The minimum absolute atomic E-state index is 0.138. The third kappa shape index (κ3) is 5.23. The first kappa shape index (κ1) is 28.1. The molecule has 0 aliphatic heterocycles. The number of rotatable bonds is 6. The van der Waals surface area contributed by atoms with Gasteiger partial charge in [-0.1, -0.05) is 30.3 Å². The fourth-order valence-electron chi connectivity index (χ4n) is 5.85.